The van der Waals surface area contributed by atoms with Crippen molar-refractivity contribution >= 4 is 5.97 Å². The van der Waals surface area contributed by atoms with Gasteiger partial charge in [0.05, 0.1) is 18.3 Å². The molecule has 0 saturated carbocycles. The molecule has 4 heteroatoms. The van der Waals surface area contributed by atoms with Crippen molar-refractivity contribution in [2.45, 2.75) is 83.7 Å². The van der Waals surface area contributed by atoms with E-state index in [-0.39, 0.29) is 11.7 Å². The van der Waals surface area contributed by atoms with Crippen LogP contribution in [-0.4, -0.2) is 28.9 Å². The molecule has 0 amide bonds. The zero-order valence-corrected chi connectivity index (χ0v) is 15.6. The second-order valence-electron chi connectivity index (χ2n) is 6.74. The molecule has 0 heterocycles. The van der Waals surface area contributed by atoms with Crippen molar-refractivity contribution in [1.82, 2.24) is 0 Å². The minimum atomic E-state index is -0.942. The maximum atomic E-state index is 10.8. The second kappa shape index (κ2) is 13.7. The highest BCUT2D eigenvalue weighted by atomic mass is 16.5. The molecule has 0 aliphatic rings. The molecule has 4 nitrogen and oxygen atoms in total. The molecular weight excluding hydrogens is 316 g/mol. The van der Waals surface area contributed by atoms with Gasteiger partial charge in [-0.25, -0.2) is 4.79 Å². The highest BCUT2D eigenvalue weighted by Crippen LogP contribution is 2.15. The van der Waals surface area contributed by atoms with Crippen LogP contribution in [0.15, 0.2) is 24.3 Å². The summed E-state index contributed by atoms with van der Waals surface area (Å²) in [5.41, 5.74) is 0.248. The zero-order valence-electron chi connectivity index (χ0n) is 15.6. The van der Waals surface area contributed by atoms with E-state index in [1.165, 1.54) is 63.5 Å². The standard InChI is InChI=1S/C21H34O4/c1-2-3-4-5-6-7-8-9-10-11-19(22)16-17-25-20-14-12-18(13-15-20)21(23)24/h12-15,19,22H,2-11,16-17H2,1H3,(H,23,24). The Morgan fingerprint density at radius 3 is 2.04 bits per heavy atom. The Morgan fingerprint density at radius 2 is 1.48 bits per heavy atom. The van der Waals surface area contributed by atoms with E-state index in [4.69, 9.17) is 9.84 Å². The van der Waals surface area contributed by atoms with Crippen LogP contribution in [0.25, 0.3) is 0 Å². The molecule has 1 aromatic rings. The molecule has 1 atom stereocenters. The van der Waals surface area contributed by atoms with Gasteiger partial charge in [0.15, 0.2) is 0 Å². The van der Waals surface area contributed by atoms with Gasteiger partial charge >= 0.3 is 5.97 Å². The molecule has 1 unspecified atom stereocenters. The van der Waals surface area contributed by atoms with Crippen molar-refractivity contribution in [3.63, 3.8) is 0 Å². The highest BCUT2D eigenvalue weighted by molar-refractivity contribution is 5.87. The van der Waals surface area contributed by atoms with Gasteiger partial charge in [-0.05, 0) is 30.7 Å². The number of hydrogen-bond donors (Lipinski definition) is 2. The lowest BCUT2D eigenvalue weighted by molar-refractivity contribution is 0.0697. The van der Waals surface area contributed by atoms with Gasteiger partial charge in [-0.3, -0.25) is 0 Å². The summed E-state index contributed by atoms with van der Waals surface area (Å²) in [4.78, 5) is 10.8. The number of hydrogen-bond acceptors (Lipinski definition) is 3. The molecule has 0 spiro atoms. The van der Waals surface area contributed by atoms with E-state index in [1.807, 2.05) is 0 Å². The maximum absolute atomic E-state index is 10.8. The first kappa shape index (κ1) is 21.5. The van der Waals surface area contributed by atoms with Gasteiger partial charge in [0.25, 0.3) is 0 Å². The summed E-state index contributed by atoms with van der Waals surface area (Å²) in [7, 11) is 0. The van der Waals surface area contributed by atoms with Gasteiger partial charge in [0.1, 0.15) is 5.75 Å². The lowest BCUT2D eigenvalue weighted by atomic mass is 10.0. The largest absolute Gasteiger partial charge is 0.493 e. The number of aliphatic hydroxyl groups is 1. The number of aromatic carboxylic acids is 1. The number of aliphatic hydroxyl groups excluding tert-OH is 1. The molecule has 142 valence electrons. The van der Waals surface area contributed by atoms with Gasteiger partial charge in [0, 0.05) is 6.42 Å². The van der Waals surface area contributed by atoms with Gasteiger partial charge in [0.2, 0.25) is 0 Å². The summed E-state index contributed by atoms with van der Waals surface area (Å²) in [5, 5.41) is 18.8. The molecule has 1 rings (SSSR count). The second-order valence-corrected chi connectivity index (χ2v) is 6.74. The number of carbonyl (C=O) groups is 1. The van der Waals surface area contributed by atoms with E-state index in [0.717, 1.165) is 12.8 Å². The van der Waals surface area contributed by atoms with E-state index in [9.17, 15) is 9.90 Å². The van der Waals surface area contributed by atoms with Crippen LogP contribution in [0, 0.1) is 0 Å². The SMILES string of the molecule is CCCCCCCCCCCC(O)CCOc1ccc(C(=O)O)cc1. The molecule has 0 saturated heterocycles. The van der Waals surface area contributed by atoms with Crippen LogP contribution in [0.2, 0.25) is 0 Å². The molecule has 2 N–H and O–H groups in total. The molecule has 0 aliphatic carbocycles. The molecule has 0 bridgehead atoms. The summed E-state index contributed by atoms with van der Waals surface area (Å²) in [6, 6.07) is 6.35. The predicted molar refractivity (Wildman–Crippen MR) is 101 cm³/mol. The first-order chi connectivity index (χ1) is 12.1. The molecule has 0 aromatic heterocycles. The Balaban J connectivity index is 1.98. The topological polar surface area (TPSA) is 66.8 Å². The van der Waals surface area contributed by atoms with E-state index >= 15 is 0 Å². The lowest BCUT2D eigenvalue weighted by Crippen LogP contribution is -2.12. The Labute approximate surface area is 152 Å². The lowest BCUT2D eigenvalue weighted by Gasteiger charge is -2.11. The summed E-state index contributed by atoms with van der Waals surface area (Å²) in [6.07, 6.45) is 12.7. The van der Waals surface area contributed by atoms with E-state index in [0.29, 0.717) is 18.8 Å². The number of ether oxygens (including phenoxy) is 1. The molecular formula is C21H34O4. The van der Waals surface area contributed by atoms with Gasteiger partial charge in [-0.15, -0.1) is 0 Å². The minimum absolute atomic E-state index is 0.248. The third-order valence-corrected chi connectivity index (χ3v) is 4.46. The van der Waals surface area contributed by atoms with Crippen molar-refractivity contribution in [3.05, 3.63) is 29.8 Å². The average Bonchev–Trinajstić information content (AvgIpc) is 2.61. The van der Waals surface area contributed by atoms with Gasteiger partial charge in [-0.2, -0.15) is 0 Å². The van der Waals surface area contributed by atoms with E-state index in [2.05, 4.69) is 6.92 Å². The summed E-state index contributed by atoms with van der Waals surface area (Å²) in [6.45, 7) is 2.69. The van der Waals surface area contributed by atoms with Crippen LogP contribution in [-0.2, 0) is 0 Å². The number of rotatable bonds is 15. The van der Waals surface area contributed by atoms with Crippen molar-refractivity contribution < 1.29 is 19.7 Å². The van der Waals surface area contributed by atoms with Crippen LogP contribution in [0.3, 0.4) is 0 Å². The summed E-state index contributed by atoms with van der Waals surface area (Å²) in [5.74, 6) is -0.303. The highest BCUT2D eigenvalue weighted by Gasteiger charge is 2.06. The Bertz CT molecular complexity index is 455. The van der Waals surface area contributed by atoms with E-state index < -0.39 is 5.97 Å². The first-order valence-electron chi connectivity index (χ1n) is 9.77. The first-order valence-corrected chi connectivity index (χ1v) is 9.77. The van der Waals surface area contributed by atoms with E-state index in [1.54, 1.807) is 12.1 Å². The predicted octanol–water partition coefficient (Wildman–Crippen LogP) is 5.44. The summed E-state index contributed by atoms with van der Waals surface area (Å²) < 4.78 is 5.55. The molecule has 25 heavy (non-hydrogen) atoms. The molecule has 0 radical (unpaired) electrons. The zero-order chi connectivity index (χ0) is 18.3. The molecule has 0 fully saturated rings. The van der Waals surface area contributed by atoms with Crippen molar-refractivity contribution in [1.29, 1.82) is 0 Å². The summed E-state index contributed by atoms with van der Waals surface area (Å²) >= 11 is 0. The fraction of sp³-hybridized carbons (Fsp3) is 0.667. The quantitative estimate of drug-likeness (QED) is 0.414. The maximum Gasteiger partial charge on any atom is 0.335 e. The van der Waals surface area contributed by atoms with Crippen molar-refractivity contribution in [2.24, 2.45) is 0 Å². The smallest absolute Gasteiger partial charge is 0.335 e. The fourth-order valence-electron chi connectivity index (χ4n) is 2.84. The number of carboxylic acid groups (broad SMARTS) is 1. The van der Waals surface area contributed by atoms with Crippen LogP contribution < -0.4 is 4.74 Å². The van der Waals surface area contributed by atoms with Crippen molar-refractivity contribution in [2.75, 3.05) is 6.61 Å². The van der Waals surface area contributed by atoms with Crippen LogP contribution in [0.5, 0.6) is 5.75 Å². The molecule has 1 aromatic carbocycles. The third-order valence-electron chi connectivity index (χ3n) is 4.46. The number of carboxylic acids is 1. The number of benzene rings is 1. The normalized spacial score (nSPS) is 12.1. The third kappa shape index (κ3) is 10.8. The van der Waals surface area contributed by atoms with Crippen LogP contribution in [0.1, 0.15) is 87.9 Å². The Kier molecular flexibility index (Phi) is 11.8. The van der Waals surface area contributed by atoms with Crippen LogP contribution >= 0.6 is 0 Å². The van der Waals surface area contributed by atoms with Gasteiger partial charge < -0.3 is 14.9 Å². The number of unbranched alkanes of at least 4 members (excludes halogenated alkanes) is 8. The van der Waals surface area contributed by atoms with Gasteiger partial charge in [-0.1, -0.05) is 64.7 Å². The average molecular weight is 350 g/mol. The molecule has 0 aliphatic heterocycles. The Hall–Kier alpha value is -1.55. The monoisotopic (exact) mass is 350 g/mol. The van der Waals surface area contributed by atoms with Crippen molar-refractivity contribution in [3.8, 4) is 5.75 Å². The fourth-order valence-corrected chi connectivity index (χ4v) is 2.84. The Morgan fingerprint density at radius 1 is 0.920 bits per heavy atom. The van der Waals surface area contributed by atoms with Crippen LogP contribution in [0.4, 0.5) is 0 Å². The minimum Gasteiger partial charge on any atom is -0.493 e.